The summed E-state index contributed by atoms with van der Waals surface area (Å²) < 4.78 is 14.8. The molecule has 0 saturated heterocycles. The van der Waals surface area contributed by atoms with Crippen LogP contribution in [0.2, 0.25) is 0 Å². The van der Waals surface area contributed by atoms with Crippen LogP contribution in [0.4, 0.5) is 0 Å². The second-order valence-electron chi connectivity index (χ2n) is 5.63. The maximum Gasteiger partial charge on any atom is 0.279 e. The number of thiazole rings is 1. The molecule has 0 radical (unpaired) electrons. The molecular formula is C19H19BrN2O3S2. The Balaban J connectivity index is 2.15. The molecule has 5 nitrogen and oxygen atoms in total. The lowest BCUT2D eigenvalue weighted by Crippen LogP contribution is -2.18. The van der Waals surface area contributed by atoms with Crippen LogP contribution in [0.1, 0.15) is 10.4 Å². The highest BCUT2D eigenvalue weighted by Gasteiger charge is 2.13. The van der Waals surface area contributed by atoms with Crippen molar-refractivity contribution in [2.75, 3.05) is 26.2 Å². The van der Waals surface area contributed by atoms with E-state index in [2.05, 4.69) is 31.7 Å². The zero-order valence-electron chi connectivity index (χ0n) is 15.2. The third kappa shape index (κ3) is 4.39. The number of rotatable bonds is 6. The van der Waals surface area contributed by atoms with Crippen LogP contribution in [0.3, 0.4) is 0 Å². The van der Waals surface area contributed by atoms with Crippen LogP contribution in [0.5, 0.6) is 11.5 Å². The third-order valence-corrected chi connectivity index (χ3v) is 6.16. The fraction of sp³-hybridized carbons (Fsp3) is 0.263. The highest BCUT2D eigenvalue weighted by molar-refractivity contribution is 9.10. The summed E-state index contributed by atoms with van der Waals surface area (Å²) in [6.45, 7) is 0.753. The van der Waals surface area contributed by atoms with Crippen LogP contribution in [-0.2, 0) is 6.54 Å². The van der Waals surface area contributed by atoms with Gasteiger partial charge in [0.1, 0.15) is 0 Å². The van der Waals surface area contributed by atoms with Gasteiger partial charge in [0.05, 0.1) is 24.4 Å². The Labute approximate surface area is 174 Å². The molecule has 1 aromatic heterocycles. The van der Waals surface area contributed by atoms with Crippen molar-refractivity contribution in [3.63, 3.8) is 0 Å². The Bertz CT molecular complexity index is 1030. The SMILES string of the molecule is COc1cc2sc(=NC(=O)c3ccc(Br)cc3)n(CCSC)c2cc1OC. The maximum atomic E-state index is 12.6. The maximum absolute atomic E-state index is 12.6. The number of nitrogens with zero attached hydrogens (tertiary/aromatic N) is 2. The van der Waals surface area contributed by atoms with Crippen molar-refractivity contribution in [3.05, 3.63) is 51.2 Å². The van der Waals surface area contributed by atoms with E-state index in [4.69, 9.17) is 9.47 Å². The van der Waals surface area contributed by atoms with E-state index in [-0.39, 0.29) is 5.91 Å². The van der Waals surface area contributed by atoms with E-state index in [0.29, 0.717) is 21.9 Å². The summed E-state index contributed by atoms with van der Waals surface area (Å²) in [4.78, 5) is 17.7. The van der Waals surface area contributed by atoms with Gasteiger partial charge in [-0.3, -0.25) is 4.79 Å². The molecule has 2 aromatic carbocycles. The highest BCUT2D eigenvalue weighted by atomic mass is 79.9. The molecule has 3 rings (SSSR count). The molecule has 0 unspecified atom stereocenters. The summed E-state index contributed by atoms with van der Waals surface area (Å²) in [6.07, 6.45) is 2.06. The van der Waals surface area contributed by atoms with Crippen LogP contribution in [0.15, 0.2) is 45.9 Å². The molecule has 0 atom stereocenters. The number of benzene rings is 2. The van der Waals surface area contributed by atoms with Gasteiger partial charge >= 0.3 is 0 Å². The Kier molecular flexibility index (Phi) is 6.62. The number of aryl methyl sites for hydroxylation is 1. The first-order valence-corrected chi connectivity index (χ1v) is 11.2. The van der Waals surface area contributed by atoms with Gasteiger partial charge in [-0.2, -0.15) is 16.8 Å². The number of aromatic nitrogens is 1. The van der Waals surface area contributed by atoms with E-state index >= 15 is 0 Å². The quantitative estimate of drug-likeness (QED) is 0.533. The average Bonchev–Trinajstić information content (AvgIpc) is 3.01. The first kappa shape index (κ1) is 20.0. The predicted octanol–water partition coefficient (Wildman–Crippen LogP) is 4.59. The Morgan fingerprint density at radius 1 is 1.19 bits per heavy atom. The van der Waals surface area contributed by atoms with Crippen molar-refractivity contribution < 1.29 is 14.3 Å². The molecule has 0 bridgehead atoms. The number of hydrogen-bond acceptors (Lipinski definition) is 5. The second-order valence-corrected chi connectivity index (χ2v) is 8.54. The van der Waals surface area contributed by atoms with Gasteiger partial charge in [-0.15, -0.1) is 0 Å². The Hall–Kier alpha value is -1.77. The average molecular weight is 467 g/mol. The monoisotopic (exact) mass is 466 g/mol. The molecule has 0 spiro atoms. The number of ether oxygens (including phenoxy) is 2. The first-order chi connectivity index (χ1) is 13.1. The summed E-state index contributed by atoms with van der Waals surface area (Å²) >= 11 is 6.60. The summed E-state index contributed by atoms with van der Waals surface area (Å²) in [7, 11) is 3.23. The molecule has 0 aliphatic rings. The lowest BCUT2D eigenvalue weighted by molar-refractivity contribution is 0.0998. The fourth-order valence-corrected chi connectivity index (χ4v) is 4.32. The highest BCUT2D eigenvalue weighted by Crippen LogP contribution is 2.33. The fourth-order valence-electron chi connectivity index (χ4n) is 2.62. The molecule has 8 heteroatoms. The summed E-state index contributed by atoms with van der Waals surface area (Å²) in [6, 6.07) is 11.1. The van der Waals surface area contributed by atoms with Crippen LogP contribution < -0.4 is 14.3 Å². The molecule has 3 aromatic rings. The van der Waals surface area contributed by atoms with E-state index < -0.39 is 0 Å². The third-order valence-electron chi connectivity index (χ3n) is 4.00. The lowest BCUT2D eigenvalue weighted by Gasteiger charge is -2.09. The molecule has 0 saturated carbocycles. The van der Waals surface area contributed by atoms with Crippen LogP contribution in [0, 0.1) is 0 Å². The zero-order chi connectivity index (χ0) is 19.4. The van der Waals surface area contributed by atoms with Crippen molar-refractivity contribution in [2.45, 2.75) is 6.54 Å². The molecule has 0 aliphatic carbocycles. The first-order valence-electron chi connectivity index (χ1n) is 8.16. The molecule has 1 amide bonds. The van der Waals surface area contributed by atoms with Gasteiger partial charge in [-0.25, -0.2) is 0 Å². The molecule has 27 heavy (non-hydrogen) atoms. The van der Waals surface area contributed by atoms with Gasteiger partial charge < -0.3 is 14.0 Å². The Morgan fingerprint density at radius 2 is 1.85 bits per heavy atom. The summed E-state index contributed by atoms with van der Waals surface area (Å²) in [5, 5.41) is 0. The van der Waals surface area contributed by atoms with Crippen molar-refractivity contribution in [2.24, 2.45) is 4.99 Å². The van der Waals surface area contributed by atoms with Crippen LogP contribution in [0.25, 0.3) is 10.2 Å². The second kappa shape index (κ2) is 8.95. The standard InChI is InChI=1S/C19H19BrN2O3S2/c1-24-15-10-14-17(11-16(15)25-2)27-19(22(14)8-9-26-3)21-18(23)12-4-6-13(20)7-5-12/h4-7,10-11H,8-9H2,1-3H3. The minimum atomic E-state index is -0.258. The van der Waals surface area contributed by atoms with Gasteiger partial charge in [-0.05, 0) is 30.5 Å². The van der Waals surface area contributed by atoms with Gasteiger partial charge in [0.15, 0.2) is 16.3 Å². The molecule has 0 N–H and O–H groups in total. The smallest absolute Gasteiger partial charge is 0.279 e. The predicted molar refractivity (Wildman–Crippen MR) is 115 cm³/mol. The summed E-state index contributed by atoms with van der Waals surface area (Å²) in [5.41, 5.74) is 1.54. The van der Waals surface area contributed by atoms with Crippen LogP contribution in [-0.4, -0.2) is 36.7 Å². The zero-order valence-corrected chi connectivity index (χ0v) is 18.4. The lowest BCUT2D eigenvalue weighted by atomic mass is 10.2. The number of carbonyl (C=O) groups excluding carboxylic acids is 1. The minimum absolute atomic E-state index is 0.258. The van der Waals surface area contributed by atoms with Gasteiger partial charge in [0.25, 0.3) is 5.91 Å². The number of amides is 1. The van der Waals surface area contributed by atoms with Crippen LogP contribution >= 0.6 is 39.0 Å². The molecular weight excluding hydrogens is 448 g/mol. The summed E-state index contributed by atoms with van der Waals surface area (Å²) in [5.74, 6) is 1.98. The Morgan fingerprint density at radius 3 is 2.48 bits per heavy atom. The van der Waals surface area contributed by atoms with Crippen molar-refractivity contribution in [1.82, 2.24) is 4.57 Å². The molecule has 0 fully saturated rings. The van der Waals surface area contributed by atoms with E-state index in [9.17, 15) is 4.79 Å². The van der Waals surface area contributed by atoms with Crippen molar-refractivity contribution in [1.29, 1.82) is 0 Å². The topological polar surface area (TPSA) is 52.8 Å². The number of methoxy groups -OCH3 is 2. The number of thioether (sulfide) groups is 1. The largest absolute Gasteiger partial charge is 0.493 e. The number of halogens is 1. The number of carbonyl (C=O) groups is 1. The van der Waals surface area contributed by atoms with Crippen molar-refractivity contribution >= 4 is 55.2 Å². The normalized spacial score (nSPS) is 11.8. The van der Waals surface area contributed by atoms with E-state index in [0.717, 1.165) is 27.0 Å². The molecule has 1 heterocycles. The van der Waals surface area contributed by atoms with Crippen molar-refractivity contribution in [3.8, 4) is 11.5 Å². The van der Waals surface area contributed by atoms with Gasteiger partial charge in [0, 0.05) is 34.5 Å². The number of fused-ring (bicyclic) bond motifs is 1. The van der Waals surface area contributed by atoms with E-state index in [1.165, 1.54) is 11.3 Å². The number of hydrogen-bond donors (Lipinski definition) is 0. The van der Waals surface area contributed by atoms with E-state index in [1.54, 1.807) is 38.1 Å². The molecule has 142 valence electrons. The van der Waals surface area contributed by atoms with Gasteiger partial charge in [-0.1, -0.05) is 27.3 Å². The van der Waals surface area contributed by atoms with E-state index in [1.807, 2.05) is 24.3 Å². The molecule has 0 aliphatic heterocycles. The minimum Gasteiger partial charge on any atom is -0.493 e. The van der Waals surface area contributed by atoms with Gasteiger partial charge in [0.2, 0.25) is 0 Å².